The molecule has 2 aromatic heterocycles. The Bertz CT molecular complexity index is 945. The smallest absolute Gasteiger partial charge is 0.0892 e. The van der Waals surface area contributed by atoms with Gasteiger partial charge in [-0.25, -0.2) is 0 Å². The van der Waals surface area contributed by atoms with Gasteiger partial charge in [0.15, 0.2) is 0 Å². The van der Waals surface area contributed by atoms with Crippen LogP contribution in [0.4, 0.5) is 0 Å². The van der Waals surface area contributed by atoms with Crippen molar-refractivity contribution in [2.45, 2.75) is 13.8 Å². The summed E-state index contributed by atoms with van der Waals surface area (Å²) in [7, 11) is 0. The van der Waals surface area contributed by atoms with Gasteiger partial charge in [-0.05, 0) is 60.4 Å². The third-order valence-electron chi connectivity index (χ3n) is 4.55. The van der Waals surface area contributed by atoms with Gasteiger partial charge in [-0.1, -0.05) is 59.7 Å². The van der Waals surface area contributed by atoms with E-state index in [-0.39, 0.29) is 0 Å². The molecular weight excluding hydrogens is 316 g/mol. The van der Waals surface area contributed by atoms with E-state index in [0.29, 0.717) is 0 Å². The molecule has 0 saturated carbocycles. The molecule has 0 unspecified atom stereocenters. The standard InChI is InChI=1S/C24H20N2/c1-17-3-7-19(8-4-17)21-11-13-25-23(15-21)24-16-22(12-14-26-24)20-9-5-18(2)6-10-20/h3-16H,1-2H3. The fourth-order valence-electron chi connectivity index (χ4n) is 2.99. The highest BCUT2D eigenvalue weighted by molar-refractivity contribution is 5.72. The van der Waals surface area contributed by atoms with E-state index in [2.05, 4.69) is 84.5 Å². The van der Waals surface area contributed by atoms with Crippen LogP contribution in [0.15, 0.2) is 85.2 Å². The summed E-state index contributed by atoms with van der Waals surface area (Å²) < 4.78 is 0. The number of benzene rings is 2. The van der Waals surface area contributed by atoms with Crippen molar-refractivity contribution >= 4 is 0 Å². The Kier molecular flexibility index (Phi) is 4.32. The molecule has 0 aliphatic carbocycles. The van der Waals surface area contributed by atoms with Crippen molar-refractivity contribution in [3.8, 4) is 33.6 Å². The largest absolute Gasteiger partial charge is 0.255 e. The number of pyridine rings is 2. The first-order valence-electron chi connectivity index (χ1n) is 8.76. The first kappa shape index (κ1) is 16.2. The van der Waals surface area contributed by atoms with Crippen LogP contribution < -0.4 is 0 Å². The molecule has 0 spiro atoms. The van der Waals surface area contributed by atoms with Gasteiger partial charge in [0, 0.05) is 12.4 Å². The third-order valence-corrected chi connectivity index (χ3v) is 4.55. The second-order valence-electron chi connectivity index (χ2n) is 6.59. The normalized spacial score (nSPS) is 10.7. The quantitative estimate of drug-likeness (QED) is 0.452. The van der Waals surface area contributed by atoms with Crippen LogP contribution >= 0.6 is 0 Å². The molecule has 0 fully saturated rings. The molecule has 0 aliphatic heterocycles. The van der Waals surface area contributed by atoms with E-state index >= 15 is 0 Å². The summed E-state index contributed by atoms with van der Waals surface area (Å²) >= 11 is 0. The van der Waals surface area contributed by atoms with Crippen molar-refractivity contribution in [2.75, 3.05) is 0 Å². The van der Waals surface area contributed by atoms with Crippen molar-refractivity contribution in [1.29, 1.82) is 0 Å². The molecule has 2 aromatic carbocycles. The number of aryl methyl sites for hydroxylation is 2. The lowest BCUT2D eigenvalue weighted by molar-refractivity contribution is 1.25. The highest BCUT2D eigenvalue weighted by Gasteiger charge is 2.06. The van der Waals surface area contributed by atoms with Crippen molar-refractivity contribution in [2.24, 2.45) is 0 Å². The molecule has 126 valence electrons. The molecule has 2 heteroatoms. The van der Waals surface area contributed by atoms with Crippen molar-refractivity contribution < 1.29 is 0 Å². The maximum absolute atomic E-state index is 4.54. The first-order valence-corrected chi connectivity index (χ1v) is 8.76. The van der Waals surface area contributed by atoms with Crippen molar-refractivity contribution in [1.82, 2.24) is 9.97 Å². The number of aromatic nitrogens is 2. The molecule has 0 atom stereocenters. The summed E-state index contributed by atoms with van der Waals surface area (Å²) in [6.07, 6.45) is 3.70. The van der Waals surface area contributed by atoms with Gasteiger partial charge >= 0.3 is 0 Å². The summed E-state index contributed by atoms with van der Waals surface area (Å²) in [5, 5.41) is 0. The Morgan fingerprint density at radius 1 is 0.462 bits per heavy atom. The topological polar surface area (TPSA) is 25.8 Å². The average Bonchev–Trinajstić information content (AvgIpc) is 2.69. The molecule has 0 aliphatic rings. The Labute approximate surface area is 154 Å². The van der Waals surface area contributed by atoms with Crippen molar-refractivity contribution in [3.05, 3.63) is 96.3 Å². The van der Waals surface area contributed by atoms with E-state index in [1.165, 1.54) is 22.3 Å². The van der Waals surface area contributed by atoms with Crippen LogP contribution in [-0.2, 0) is 0 Å². The van der Waals surface area contributed by atoms with E-state index in [1.54, 1.807) is 0 Å². The number of rotatable bonds is 3. The van der Waals surface area contributed by atoms with Gasteiger partial charge in [0.25, 0.3) is 0 Å². The molecular formula is C24H20N2. The molecule has 4 rings (SSSR count). The van der Waals surface area contributed by atoms with E-state index in [4.69, 9.17) is 0 Å². The zero-order chi connectivity index (χ0) is 17.9. The Morgan fingerprint density at radius 3 is 1.23 bits per heavy atom. The molecule has 0 N–H and O–H groups in total. The van der Waals surface area contributed by atoms with Gasteiger partial charge in [0.1, 0.15) is 0 Å². The summed E-state index contributed by atoms with van der Waals surface area (Å²) in [5.74, 6) is 0. The highest BCUT2D eigenvalue weighted by atomic mass is 14.8. The lowest BCUT2D eigenvalue weighted by atomic mass is 10.0. The minimum absolute atomic E-state index is 0.886. The fourth-order valence-corrected chi connectivity index (χ4v) is 2.99. The number of nitrogens with zero attached hydrogens (tertiary/aromatic N) is 2. The summed E-state index contributed by atoms with van der Waals surface area (Å²) in [4.78, 5) is 9.08. The van der Waals surface area contributed by atoms with E-state index in [0.717, 1.165) is 22.5 Å². The van der Waals surface area contributed by atoms with Gasteiger partial charge in [-0.2, -0.15) is 0 Å². The van der Waals surface area contributed by atoms with Crippen LogP contribution in [0.25, 0.3) is 33.6 Å². The van der Waals surface area contributed by atoms with Gasteiger partial charge in [-0.3, -0.25) is 9.97 Å². The SMILES string of the molecule is Cc1ccc(-c2ccnc(-c3cc(-c4ccc(C)cc4)ccn3)c2)cc1. The Balaban J connectivity index is 1.72. The molecule has 0 amide bonds. The number of hydrogen-bond acceptors (Lipinski definition) is 2. The Hall–Kier alpha value is -3.26. The summed E-state index contributed by atoms with van der Waals surface area (Å²) in [6, 6.07) is 25.4. The molecule has 2 heterocycles. The van der Waals surface area contributed by atoms with Crippen LogP contribution in [0, 0.1) is 13.8 Å². The molecule has 26 heavy (non-hydrogen) atoms. The third kappa shape index (κ3) is 3.40. The zero-order valence-electron chi connectivity index (χ0n) is 15.0. The van der Waals surface area contributed by atoms with Gasteiger partial charge in [0.2, 0.25) is 0 Å². The second kappa shape index (κ2) is 6.93. The van der Waals surface area contributed by atoms with Crippen LogP contribution in [0.3, 0.4) is 0 Å². The molecule has 0 bridgehead atoms. The average molecular weight is 336 g/mol. The molecule has 0 radical (unpaired) electrons. The van der Waals surface area contributed by atoms with Crippen LogP contribution in [0.1, 0.15) is 11.1 Å². The van der Waals surface area contributed by atoms with Gasteiger partial charge in [-0.15, -0.1) is 0 Å². The van der Waals surface area contributed by atoms with Crippen LogP contribution in [0.2, 0.25) is 0 Å². The molecule has 4 aromatic rings. The second-order valence-corrected chi connectivity index (χ2v) is 6.59. The molecule has 2 nitrogen and oxygen atoms in total. The van der Waals surface area contributed by atoms with E-state index in [1.807, 2.05) is 24.5 Å². The lowest BCUT2D eigenvalue weighted by Gasteiger charge is -2.07. The zero-order valence-corrected chi connectivity index (χ0v) is 15.0. The maximum atomic E-state index is 4.54. The Morgan fingerprint density at radius 2 is 0.846 bits per heavy atom. The van der Waals surface area contributed by atoms with Crippen molar-refractivity contribution in [3.63, 3.8) is 0 Å². The summed E-state index contributed by atoms with van der Waals surface area (Å²) in [5.41, 5.74) is 8.97. The fraction of sp³-hybridized carbons (Fsp3) is 0.0833. The maximum Gasteiger partial charge on any atom is 0.0892 e. The summed E-state index contributed by atoms with van der Waals surface area (Å²) in [6.45, 7) is 4.20. The minimum Gasteiger partial charge on any atom is -0.255 e. The van der Waals surface area contributed by atoms with Crippen LogP contribution in [-0.4, -0.2) is 9.97 Å². The first-order chi connectivity index (χ1) is 12.7. The van der Waals surface area contributed by atoms with E-state index in [9.17, 15) is 0 Å². The predicted molar refractivity (Wildman–Crippen MR) is 108 cm³/mol. The van der Waals surface area contributed by atoms with Gasteiger partial charge in [0.05, 0.1) is 11.4 Å². The lowest BCUT2D eigenvalue weighted by Crippen LogP contribution is -1.90. The molecule has 0 saturated heterocycles. The van der Waals surface area contributed by atoms with Crippen LogP contribution in [0.5, 0.6) is 0 Å². The highest BCUT2D eigenvalue weighted by Crippen LogP contribution is 2.27. The van der Waals surface area contributed by atoms with E-state index < -0.39 is 0 Å². The number of hydrogen-bond donors (Lipinski definition) is 0. The minimum atomic E-state index is 0.886. The van der Waals surface area contributed by atoms with Gasteiger partial charge < -0.3 is 0 Å². The monoisotopic (exact) mass is 336 g/mol. The predicted octanol–water partition coefficient (Wildman–Crippen LogP) is 6.09.